The molecule has 0 spiro atoms. The fourth-order valence-corrected chi connectivity index (χ4v) is 3.92. The van der Waals surface area contributed by atoms with Gasteiger partial charge in [-0.15, -0.1) is 0 Å². The lowest BCUT2D eigenvalue weighted by atomic mass is 9.99. The van der Waals surface area contributed by atoms with Crippen molar-refractivity contribution in [2.75, 3.05) is 38.1 Å². The van der Waals surface area contributed by atoms with Crippen LogP contribution in [0.3, 0.4) is 0 Å². The van der Waals surface area contributed by atoms with E-state index in [1.807, 2.05) is 12.1 Å². The third-order valence-corrected chi connectivity index (χ3v) is 5.48. The number of amides is 1. The number of piperidine rings is 1. The minimum Gasteiger partial charge on any atom is -0.493 e. The standard InChI is InChI=1S/C23H30N2O4/c1-5-18-8-6-7-13-25(18)19-11-9-17(10-12-19)24-23(26)16-14-20(27-2)22(29-4)21(15-16)28-3/h9-12,14-15,18H,5-8,13H2,1-4H3,(H,24,26). The van der Waals surface area contributed by atoms with Crippen LogP contribution in [0.5, 0.6) is 17.2 Å². The molecule has 2 aromatic carbocycles. The van der Waals surface area contributed by atoms with Crippen molar-refractivity contribution in [3.8, 4) is 17.2 Å². The van der Waals surface area contributed by atoms with E-state index in [2.05, 4.69) is 29.3 Å². The van der Waals surface area contributed by atoms with Crippen LogP contribution in [0, 0.1) is 0 Å². The number of hydrogen-bond donors (Lipinski definition) is 1. The summed E-state index contributed by atoms with van der Waals surface area (Å²) in [5.41, 5.74) is 2.39. The van der Waals surface area contributed by atoms with E-state index in [1.165, 1.54) is 46.3 Å². The first-order chi connectivity index (χ1) is 14.1. The molecule has 1 amide bonds. The topological polar surface area (TPSA) is 60.0 Å². The molecule has 2 aromatic rings. The van der Waals surface area contributed by atoms with Crippen LogP contribution in [0.4, 0.5) is 11.4 Å². The molecule has 0 bridgehead atoms. The Morgan fingerprint density at radius 3 is 2.24 bits per heavy atom. The number of rotatable bonds is 7. The second kappa shape index (κ2) is 9.54. The van der Waals surface area contributed by atoms with Gasteiger partial charge >= 0.3 is 0 Å². The Balaban J connectivity index is 1.76. The average molecular weight is 399 g/mol. The minimum atomic E-state index is -0.235. The van der Waals surface area contributed by atoms with E-state index in [0.717, 1.165) is 18.7 Å². The van der Waals surface area contributed by atoms with Crippen molar-refractivity contribution in [1.29, 1.82) is 0 Å². The summed E-state index contributed by atoms with van der Waals surface area (Å²) in [6, 6.07) is 12.0. The Hall–Kier alpha value is -2.89. The van der Waals surface area contributed by atoms with E-state index >= 15 is 0 Å². The lowest BCUT2D eigenvalue weighted by molar-refractivity contribution is 0.102. The Kier molecular flexibility index (Phi) is 6.86. The molecule has 6 nitrogen and oxygen atoms in total. The normalized spacial score (nSPS) is 16.3. The molecule has 1 saturated heterocycles. The third kappa shape index (κ3) is 4.58. The SMILES string of the molecule is CCC1CCCCN1c1ccc(NC(=O)c2cc(OC)c(OC)c(OC)c2)cc1. The Morgan fingerprint density at radius 1 is 1.03 bits per heavy atom. The zero-order valence-corrected chi connectivity index (χ0v) is 17.7. The fourth-order valence-electron chi connectivity index (χ4n) is 3.92. The number of nitrogens with zero attached hydrogens (tertiary/aromatic N) is 1. The minimum absolute atomic E-state index is 0.235. The highest BCUT2D eigenvalue weighted by molar-refractivity contribution is 6.05. The largest absolute Gasteiger partial charge is 0.493 e. The molecule has 6 heteroatoms. The monoisotopic (exact) mass is 398 g/mol. The summed E-state index contributed by atoms with van der Waals surface area (Å²) in [6.45, 7) is 3.34. The first kappa shape index (κ1) is 20.8. The molecule has 1 aliphatic heterocycles. The molecule has 0 radical (unpaired) electrons. The molecule has 3 rings (SSSR count). The molecule has 156 valence electrons. The molecular formula is C23H30N2O4. The van der Waals surface area contributed by atoms with E-state index < -0.39 is 0 Å². The van der Waals surface area contributed by atoms with Gasteiger partial charge < -0.3 is 24.4 Å². The molecule has 1 fully saturated rings. The van der Waals surface area contributed by atoms with Crippen molar-refractivity contribution in [2.24, 2.45) is 0 Å². The van der Waals surface area contributed by atoms with Gasteiger partial charge in [-0.3, -0.25) is 4.79 Å². The highest BCUT2D eigenvalue weighted by Crippen LogP contribution is 2.38. The van der Waals surface area contributed by atoms with Gasteiger partial charge in [-0.1, -0.05) is 6.92 Å². The second-order valence-electron chi connectivity index (χ2n) is 7.17. The predicted octanol–water partition coefficient (Wildman–Crippen LogP) is 4.73. The van der Waals surface area contributed by atoms with Gasteiger partial charge in [0.2, 0.25) is 5.75 Å². The van der Waals surface area contributed by atoms with Crippen LogP contribution < -0.4 is 24.4 Å². The molecule has 29 heavy (non-hydrogen) atoms. The summed E-state index contributed by atoms with van der Waals surface area (Å²) in [4.78, 5) is 15.2. The lowest BCUT2D eigenvalue weighted by Crippen LogP contribution is -2.39. The van der Waals surface area contributed by atoms with E-state index in [1.54, 1.807) is 12.1 Å². The molecule has 1 atom stereocenters. The van der Waals surface area contributed by atoms with Crippen LogP contribution in [-0.2, 0) is 0 Å². The molecule has 1 unspecified atom stereocenters. The van der Waals surface area contributed by atoms with Crippen molar-refractivity contribution in [3.05, 3.63) is 42.0 Å². The Morgan fingerprint density at radius 2 is 1.69 bits per heavy atom. The van der Waals surface area contributed by atoms with E-state index in [0.29, 0.717) is 28.9 Å². The van der Waals surface area contributed by atoms with Crippen LogP contribution in [0.25, 0.3) is 0 Å². The number of hydrogen-bond acceptors (Lipinski definition) is 5. The van der Waals surface area contributed by atoms with E-state index in [9.17, 15) is 4.79 Å². The number of anilines is 2. The second-order valence-corrected chi connectivity index (χ2v) is 7.17. The fraction of sp³-hybridized carbons (Fsp3) is 0.435. The Bertz CT molecular complexity index is 810. The maximum Gasteiger partial charge on any atom is 0.255 e. The number of ether oxygens (including phenoxy) is 3. The van der Waals surface area contributed by atoms with Crippen LogP contribution in [0.2, 0.25) is 0 Å². The number of methoxy groups -OCH3 is 3. The van der Waals surface area contributed by atoms with Crippen molar-refractivity contribution in [1.82, 2.24) is 0 Å². The van der Waals surface area contributed by atoms with Gasteiger partial charge in [0.05, 0.1) is 21.3 Å². The zero-order valence-electron chi connectivity index (χ0n) is 17.7. The number of carbonyl (C=O) groups excluding carboxylic acids is 1. The lowest BCUT2D eigenvalue weighted by Gasteiger charge is -2.37. The highest BCUT2D eigenvalue weighted by Gasteiger charge is 2.21. The third-order valence-electron chi connectivity index (χ3n) is 5.48. The first-order valence-electron chi connectivity index (χ1n) is 10.1. The van der Waals surface area contributed by atoms with Gasteiger partial charge in [-0.05, 0) is 62.1 Å². The van der Waals surface area contributed by atoms with Gasteiger partial charge in [-0.25, -0.2) is 0 Å². The average Bonchev–Trinajstić information content (AvgIpc) is 2.78. The molecule has 0 saturated carbocycles. The van der Waals surface area contributed by atoms with Gasteiger partial charge in [0, 0.05) is 29.5 Å². The van der Waals surface area contributed by atoms with Crippen LogP contribution >= 0.6 is 0 Å². The zero-order chi connectivity index (χ0) is 20.8. The molecule has 1 N–H and O–H groups in total. The molecule has 0 aromatic heterocycles. The number of benzene rings is 2. The summed E-state index contributed by atoms with van der Waals surface area (Å²) in [6.07, 6.45) is 4.93. The van der Waals surface area contributed by atoms with Crippen molar-refractivity contribution < 1.29 is 19.0 Å². The van der Waals surface area contributed by atoms with Gasteiger partial charge in [0.15, 0.2) is 11.5 Å². The number of nitrogens with one attached hydrogen (secondary N) is 1. The van der Waals surface area contributed by atoms with Crippen molar-refractivity contribution in [2.45, 2.75) is 38.6 Å². The van der Waals surface area contributed by atoms with Gasteiger partial charge in [0.25, 0.3) is 5.91 Å². The quantitative estimate of drug-likeness (QED) is 0.730. The van der Waals surface area contributed by atoms with Gasteiger partial charge in [-0.2, -0.15) is 0 Å². The molecule has 0 aliphatic carbocycles. The smallest absolute Gasteiger partial charge is 0.255 e. The summed E-state index contributed by atoms with van der Waals surface area (Å²) in [5, 5.41) is 2.94. The van der Waals surface area contributed by atoms with E-state index in [4.69, 9.17) is 14.2 Å². The summed E-state index contributed by atoms with van der Waals surface area (Å²) >= 11 is 0. The summed E-state index contributed by atoms with van der Waals surface area (Å²) in [7, 11) is 4.59. The Labute approximate surface area is 172 Å². The maximum atomic E-state index is 12.8. The first-order valence-corrected chi connectivity index (χ1v) is 10.1. The van der Waals surface area contributed by atoms with Crippen molar-refractivity contribution in [3.63, 3.8) is 0 Å². The molecular weight excluding hydrogens is 368 g/mol. The van der Waals surface area contributed by atoms with E-state index in [-0.39, 0.29) is 5.91 Å². The summed E-state index contributed by atoms with van der Waals surface area (Å²) < 4.78 is 16.0. The summed E-state index contributed by atoms with van der Waals surface area (Å²) in [5.74, 6) is 1.12. The maximum absolute atomic E-state index is 12.8. The van der Waals surface area contributed by atoms with Crippen LogP contribution in [0.15, 0.2) is 36.4 Å². The van der Waals surface area contributed by atoms with Crippen molar-refractivity contribution >= 4 is 17.3 Å². The van der Waals surface area contributed by atoms with Crippen LogP contribution in [-0.4, -0.2) is 39.8 Å². The molecule has 1 aliphatic rings. The van der Waals surface area contributed by atoms with Gasteiger partial charge in [0.1, 0.15) is 0 Å². The predicted molar refractivity (Wildman–Crippen MR) is 116 cm³/mol. The highest BCUT2D eigenvalue weighted by atomic mass is 16.5. The molecule has 1 heterocycles. The van der Waals surface area contributed by atoms with Crippen LogP contribution in [0.1, 0.15) is 43.0 Å². The number of carbonyl (C=O) groups is 1.